The summed E-state index contributed by atoms with van der Waals surface area (Å²) >= 11 is 0. The van der Waals surface area contributed by atoms with Gasteiger partial charge in [-0.25, -0.2) is 9.18 Å². The van der Waals surface area contributed by atoms with Crippen LogP contribution in [0, 0.1) is 5.82 Å². The van der Waals surface area contributed by atoms with E-state index in [0.29, 0.717) is 22.7 Å². The molecule has 0 bridgehead atoms. The number of carbonyl (C=O) groups excluding carboxylic acids is 1. The summed E-state index contributed by atoms with van der Waals surface area (Å²) in [5.74, 6) is -1.41. The first-order chi connectivity index (χ1) is 17.5. The van der Waals surface area contributed by atoms with Crippen molar-refractivity contribution in [3.05, 3.63) is 82.9 Å². The maximum Gasteiger partial charge on any atom is 0.340 e. The van der Waals surface area contributed by atoms with Gasteiger partial charge < -0.3 is 20.1 Å². The molecule has 0 spiro atoms. The molecule has 1 aliphatic rings. The molecule has 0 unspecified atom stereocenters. The van der Waals surface area contributed by atoms with Gasteiger partial charge in [0.1, 0.15) is 17.1 Å². The number of ether oxygens (including phenoxy) is 1. The lowest BCUT2D eigenvalue weighted by molar-refractivity contribution is 0.0699. The lowest BCUT2D eigenvalue weighted by atomic mass is 9.95. The minimum Gasteiger partial charge on any atom is -0.496 e. The summed E-state index contributed by atoms with van der Waals surface area (Å²) in [4.78, 5) is 32.8. The average Bonchev–Trinajstić information content (AvgIpc) is 3.59. The first-order valence-corrected chi connectivity index (χ1v) is 11.9. The molecule has 5 rings (SSSR count). The first-order valence-electron chi connectivity index (χ1n) is 11.9. The van der Waals surface area contributed by atoms with Crippen LogP contribution in [0.25, 0.3) is 22.2 Å². The third-order valence-electron chi connectivity index (χ3n) is 6.78. The molecular weight excluding hydrogens is 461 g/mol. The topological polar surface area (TPSA) is 104 Å². The zero-order chi connectivity index (χ0) is 25.2. The highest BCUT2D eigenvalue weighted by Crippen LogP contribution is 2.39. The number of rotatable bonds is 7. The Kier molecular flexibility index (Phi) is 6.41. The average molecular weight is 488 g/mol. The van der Waals surface area contributed by atoms with Crippen molar-refractivity contribution >= 4 is 22.8 Å². The minimum absolute atomic E-state index is 0.114. The molecule has 0 saturated heterocycles. The summed E-state index contributed by atoms with van der Waals surface area (Å²) in [7, 11) is 1.42. The van der Waals surface area contributed by atoms with E-state index in [1.807, 2.05) is 30.3 Å². The van der Waals surface area contributed by atoms with E-state index < -0.39 is 17.7 Å². The molecule has 36 heavy (non-hydrogen) atoms. The summed E-state index contributed by atoms with van der Waals surface area (Å²) in [5.41, 5.74) is 3.72. The summed E-state index contributed by atoms with van der Waals surface area (Å²) < 4.78 is 18.8. The van der Waals surface area contributed by atoms with Gasteiger partial charge in [0.05, 0.1) is 29.6 Å². The van der Waals surface area contributed by atoms with E-state index in [2.05, 4.69) is 10.3 Å². The zero-order valence-electron chi connectivity index (χ0n) is 19.8. The highest BCUT2D eigenvalue weighted by molar-refractivity contribution is 6.07. The number of aromatic amines is 1. The number of pyridine rings is 1. The Bertz CT molecular complexity index is 1440. The van der Waals surface area contributed by atoms with Crippen LogP contribution in [0.15, 0.2) is 54.7 Å². The highest BCUT2D eigenvalue weighted by Gasteiger charge is 2.26. The van der Waals surface area contributed by atoms with Gasteiger partial charge in [0.25, 0.3) is 5.91 Å². The van der Waals surface area contributed by atoms with E-state index in [4.69, 9.17) is 9.72 Å². The number of hydrogen-bond acceptors (Lipinski definition) is 4. The largest absolute Gasteiger partial charge is 0.496 e. The number of fused-ring (bicyclic) bond motifs is 1. The molecule has 2 heterocycles. The van der Waals surface area contributed by atoms with Crippen molar-refractivity contribution in [2.24, 2.45) is 0 Å². The van der Waals surface area contributed by atoms with Gasteiger partial charge in [-0.3, -0.25) is 9.78 Å². The fourth-order valence-electron chi connectivity index (χ4n) is 4.99. The van der Waals surface area contributed by atoms with Gasteiger partial charge >= 0.3 is 5.97 Å². The second kappa shape index (κ2) is 9.81. The molecule has 1 aliphatic carbocycles. The molecule has 0 radical (unpaired) electrons. The normalized spacial score (nSPS) is 13.7. The molecule has 4 aromatic rings. The smallest absolute Gasteiger partial charge is 0.340 e. The summed E-state index contributed by atoms with van der Waals surface area (Å²) in [6.07, 6.45) is 6.16. The highest BCUT2D eigenvalue weighted by atomic mass is 19.1. The van der Waals surface area contributed by atoms with E-state index in [9.17, 15) is 19.1 Å². The van der Waals surface area contributed by atoms with E-state index in [-0.39, 0.29) is 23.4 Å². The summed E-state index contributed by atoms with van der Waals surface area (Å²) in [6, 6.07) is 12.9. The molecule has 2 aromatic heterocycles. The van der Waals surface area contributed by atoms with Crippen LogP contribution in [0.3, 0.4) is 0 Å². The molecule has 1 saturated carbocycles. The molecule has 3 N–H and O–H groups in total. The first kappa shape index (κ1) is 23.5. The fourth-order valence-corrected chi connectivity index (χ4v) is 4.99. The van der Waals surface area contributed by atoms with Crippen molar-refractivity contribution in [2.45, 2.75) is 38.1 Å². The number of hydrogen-bond donors (Lipinski definition) is 3. The van der Waals surface area contributed by atoms with Gasteiger partial charge in [-0.15, -0.1) is 0 Å². The van der Waals surface area contributed by atoms with E-state index in [0.717, 1.165) is 48.4 Å². The van der Waals surface area contributed by atoms with Gasteiger partial charge in [0.2, 0.25) is 0 Å². The monoisotopic (exact) mass is 487 g/mol. The van der Waals surface area contributed by atoms with E-state index >= 15 is 0 Å². The van der Waals surface area contributed by atoms with Gasteiger partial charge in [0.15, 0.2) is 0 Å². The Morgan fingerprint density at radius 3 is 2.58 bits per heavy atom. The Hall–Kier alpha value is -4.20. The van der Waals surface area contributed by atoms with Crippen LogP contribution in [0.2, 0.25) is 0 Å². The van der Waals surface area contributed by atoms with Crippen molar-refractivity contribution in [1.82, 2.24) is 15.3 Å². The maximum atomic E-state index is 13.6. The number of carboxylic acid groups (broad SMARTS) is 1. The number of nitrogens with zero attached hydrogens (tertiary/aromatic N) is 1. The zero-order valence-corrected chi connectivity index (χ0v) is 19.8. The standard InChI is InChI=1S/C28H26FN3O4/c1-36-22-11-10-19(29)14-21(22)27(33)31-15-16-6-8-18(9-7-16)25-23(28(34)35)26-20(12-13-30-26)24(32-25)17-4-2-3-5-17/h6-14,17,30H,2-5,15H2,1H3,(H,31,33)(H,34,35). The number of methoxy groups -OCH3 is 1. The van der Waals surface area contributed by atoms with Gasteiger partial charge in [-0.05, 0) is 42.7 Å². The number of aromatic nitrogens is 2. The van der Waals surface area contributed by atoms with Gasteiger partial charge in [-0.2, -0.15) is 0 Å². The van der Waals surface area contributed by atoms with Gasteiger partial charge in [0, 0.05) is 29.6 Å². The molecule has 8 heteroatoms. The molecule has 1 amide bonds. The number of nitrogens with one attached hydrogen (secondary N) is 2. The lowest BCUT2D eigenvalue weighted by Gasteiger charge is -2.15. The van der Waals surface area contributed by atoms with Crippen LogP contribution in [0.1, 0.15) is 63.6 Å². The van der Waals surface area contributed by atoms with Crippen molar-refractivity contribution in [2.75, 3.05) is 7.11 Å². The minimum atomic E-state index is -1.04. The van der Waals surface area contributed by atoms with Crippen molar-refractivity contribution in [3.63, 3.8) is 0 Å². The molecule has 1 fully saturated rings. The van der Waals surface area contributed by atoms with Crippen LogP contribution in [-0.4, -0.2) is 34.1 Å². The number of carbonyl (C=O) groups is 2. The Labute approximate surface area is 207 Å². The fraction of sp³-hybridized carbons (Fsp3) is 0.250. The SMILES string of the molecule is COc1ccc(F)cc1C(=O)NCc1ccc(-c2nc(C3CCCC3)c3cc[nH]c3c2C(=O)O)cc1. The molecular formula is C28H26FN3O4. The van der Waals surface area contributed by atoms with Crippen LogP contribution < -0.4 is 10.1 Å². The number of carboxylic acids is 1. The van der Waals surface area contributed by atoms with Crippen LogP contribution >= 0.6 is 0 Å². The van der Waals surface area contributed by atoms with Gasteiger partial charge in [-0.1, -0.05) is 37.1 Å². The summed E-state index contributed by atoms with van der Waals surface area (Å²) in [6.45, 7) is 0.209. The van der Waals surface area contributed by atoms with Crippen molar-refractivity contribution < 1.29 is 23.8 Å². The Balaban J connectivity index is 1.42. The maximum absolute atomic E-state index is 13.6. The van der Waals surface area contributed by atoms with Crippen molar-refractivity contribution in [3.8, 4) is 17.0 Å². The van der Waals surface area contributed by atoms with E-state index in [1.165, 1.54) is 19.2 Å². The number of benzene rings is 2. The summed E-state index contributed by atoms with van der Waals surface area (Å²) in [5, 5.41) is 13.7. The second-order valence-electron chi connectivity index (χ2n) is 9.00. The quantitative estimate of drug-likeness (QED) is 0.312. The number of halogens is 1. The predicted octanol–water partition coefficient (Wildman–Crippen LogP) is 5.66. The molecule has 0 aliphatic heterocycles. The lowest BCUT2D eigenvalue weighted by Crippen LogP contribution is -2.23. The van der Waals surface area contributed by atoms with E-state index in [1.54, 1.807) is 6.20 Å². The Morgan fingerprint density at radius 1 is 1.14 bits per heavy atom. The molecule has 0 atom stereocenters. The molecule has 7 nitrogen and oxygen atoms in total. The van der Waals surface area contributed by atoms with Crippen molar-refractivity contribution in [1.29, 1.82) is 0 Å². The Morgan fingerprint density at radius 2 is 1.89 bits per heavy atom. The second-order valence-corrected chi connectivity index (χ2v) is 9.00. The van der Waals surface area contributed by atoms with Crippen LogP contribution in [0.4, 0.5) is 4.39 Å². The molecule has 2 aromatic carbocycles. The third-order valence-corrected chi connectivity index (χ3v) is 6.78. The number of H-pyrrole nitrogens is 1. The number of aromatic carboxylic acids is 1. The molecule has 184 valence electrons. The number of amides is 1. The predicted molar refractivity (Wildman–Crippen MR) is 134 cm³/mol. The van der Waals surface area contributed by atoms with Crippen LogP contribution in [-0.2, 0) is 6.54 Å². The third kappa shape index (κ3) is 4.42. The van der Waals surface area contributed by atoms with Crippen LogP contribution in [0.5, 0.6) is 5.75 Å².